The third-order valence-electron chi connectivity index (χ3n) is 5.54. The Kier molecular flexibility index (Phi) is 5.07. The quantitative estimate of drug-likeness (QED) is 0.874. The molecular formula is C18H31N3. The Balaban J connectivity index is 2.19. The molecule has 1 aromatic carbocycles. The van der Waals surface area contributed by atoms with Gasteiger partial charge in [-0.25, -0.2) is 0 Å². The van der Waals surface area contributed by atoms with E-state index in [1.54, 1.807) is 0 Å². The molecule has 1 fully saturated rings. The maximum absolute atomic E-state index is 6.12. The van der Waals surface area contributed by atoms with Gasteiger partial charge in [0.25, 0.3) is 0 Å². The summed E-state index contributed by atoms with van der Waals surface area (Å²) in [5.74, 6) is 0. The largest absolute Gasteiger partial charge is 0.329 e. The van der Waals surface area contributed by atoms with Gasteiger partial charge in [-0.3, -0.25) is 4.90 Å². The number of likely N-dealkylation sites (N-methyl/N-ethyl adjacent to an activating group) is 2. The van der Waals surface area contributed by atoms with Crippen LogP contribution in [-0.2, 0) is 0 Å². The molecule has 2 N–H and O–H groups in total. The minimum atomic E-state index is 0.308. The van der Waals surface area contributed by atoms with Gasteiger partial charge in [0, 0.05) is 24.7 Å². The molecule has 3 heteroatoms. The minimum absolute atomic E-state index is 0.308. The summed E-state index contributed by atoms with van der Waals surface area (Å²) >= 11 is 0. The summed E-state index contributed by atoms with van der Waals surface area (Å²) in [6.45, 7) is 6.16. The van der Waals surface area contributed by atoms with Crippen molar-refractivity contribution in [2.45, 2.75) is 44.7 Å². The van der Waals surface area contributed by atoms with Crippen molar-refractivity contribution in [1.29, 1.82) is 0 Å². The summed E-state index contributed by atoms with van der Waals surface area (Å²) in [6.07, 6.45) is 3.95. The van der Waals surface area contributed by atoms with E-state index in [0.29, 0.717) is 18.1 Å². The van der Waals surface area contributed by atoms with E-state index in [2.05, 4.69) is 63.0 Å². The lowest BCUT2D eigenvalue weighted by atomic mass is 9.75. The molecule has 2 rings (SSSR count). The van der Waals surface area contributed by atoms with Crippen molar-refractivity contribution in [3.8, 4) is 0 Å². The summed E-state index contributed by atoms with van der Waals surface area (Å²) in [5.41, 5.74) is 10.6. The fraction of sp³-hybridized carbons (Fsp3) is 0.667. The molecule has 21 heavy (non-hydrogen) atoms. The van der Waals surface area contributed by atoms with Gasteiger partial charge in [0.1, 0.15) is 0 Å². The monoisotopic (exact) mass is 289 g/mol. The molecule has 1 aliphatic rings. The van der Waals surface area contributed by atoms with Crippen molar-refractivity contribution >= 4 is 0 Å². The summed E-state index contributed by atoms with van der Waals surface area (Å²) in [6, 6.07) is 6.88. The van der Waals surface area contributed by atoms with Crippen LogP contribution in [0.15, 0.2) is 18.2 Å². The van der Waals surface area contributed by atoms with Crippen LogP contribution in [0.1, 0.15) is 42.0 Å². The molecule has 1 unspecified atom stereocenters. The smallest absolute Gasteiger partial charge is 0.0470 e. The van der Waals surface area contributed by atoms with Gasteiger partial charge in [-0.2, -0.15) is 0 Å². The SMILES string of the molecule is Cc1cccc(C(CN)N(C)CC2(N(C)C)CCC2)c1C. The highest BCUT2D eigenvalue weighted by Crippen LogP contribution is 2.38. The van der Waals surface area contributed by atoms with Crippen molar-refractivity contribution in [2.24, 2.45) is 5.73 Å². The first-order chi connectivity index (χ1) is 9.91. The Labute approximate surface area is 130 Å². The zero-order chi connectivity index (χ0) is 15.6. The first-order valence-corrected chi connectivity index (χ1v) is 8.05. The lowest BCUT2D eigenvalue weighted by Crippen LogP contribution is -2.57. The molecule has 0 spiro atoms. The van der Waals surface area contributed by atoms with Gasteiger partial charge < -0.3 is 10.6 Å². The Hall–Kier alpha value is -0.900. The first-order valence-electron chi connectivity index (χ1n) is 8.05. The van der Waals surface area contributed by atoms with Crippen LogP contribution in [0, 0.1) is 13.8 Å². The predicted molar refractivity (Wildman–Crippen MR) is 90.6 cm³/mol. The number of benzene rings is 1. The third kappa shape index (κ3) is 3.15. The second-order valence-electron chi connectivity index (χ2n) is 6.93. The highest BCUT2D eigenvalue weighted by Gasteiger charge is 2.40. The lowest BCUT2D eigenvalue weighted by Gasteiger charge is -2.50. The predicted octanol–water partition coefficient (Wildman–Crippen LogP) is 2.72. The molecule has 1 aromatic rings. The zero-order valence-corrected chi connectivity index (χ0v) is 14.3. The number of hydrogen-bond donors (Lipinski definition) is 1. The van der Waals surface area contributed by atoms with Gasteiger partial charge in [-0.1, -0.05) is 18.2 Å². The van der Waals surface area contributed by atoms with Crippen LogP contribution in [0.25, 0.3) is 0 Å². The molecule has 1 atom stereocenters. The zero-order valence-electron chi connectivity index (χ0n) is 14.3. The van der Waals surface area contributed by atoms with E-state index < -0.39 is 0 Å². The highest BCUT2D eigenvalue weighted by atomic mass is 15.2. The first kappa shape index (κ1) is 16.5. The van der Waals surface area contributed by atoms with Gasteiger partial charge in [0.2, 0.25) is 0 Å². The van der Waals surface area contributed by atoms with Crippen LogP contribution in [0.5, 0.6) is 0 Å². The Morgan fingerprint density at radius 1 is 1.19 bits per heavy atom. The Morgan fingerprint density at radius 3 is 2.33 bits per heavy atom. The van der Waals surface area contributed by atoms with E-state index in [-0.39, 0.29) is 0 Å². The van der Waals surface area contributed by atoms with Gasteiger partial charge in [0.05, 0.1) is 0 Å². The van der Waals surface area contributed by atoms with E-state index in [4.69, 9.17) is 5.73 Å². The fourth-order valence-electron chi connectivity index (χ4n) is 3.59. The number of aryl methyl sites for hydroxylation is 1. The standard InChI is InChI=1S/C18H31N3/c1-14-8-6-9-16(15(14)2)17(12-19)21(5)13-18(20(3)4)10-7-11-18/h6,8-9,17H,7,10-13,19H2,1-5H3. The molecule has 0 aromatic heterocycles. The highest BCUT2D eigenvalue weighted by molar-refractivity contribution is 5.35. The van der Waals surface area contributed by atoms with Crippen LogP contribution in [0.4, 0.5) is 0 Å². The molecule has 0 heterocycles. The lowest BCUT2D eigenvalue weighted by molar-refractivity contribution is 0.0167. The maximum Gasteiger partial charge on any atom is 0.0470 e. The average molecular weight is 289 g/mol. The number of hydrogen-bond acceptors (Lipinski definition) is 3. The van der Waals surface area contributed by atoms with Gasteiger partial charge in [0.15, 0.2) is 0 Å². The molecule has 0 amide bonds. The van der Waals surface area contributed by atoms with Gasteiger partial charge in [-0.05, 0) is 70.9 Å². The Bertz CT molecular complexity index is 477. The van der Waals surface area contributed by atoms with E-state index in [1.165, 1.54) is 36.0 Å². The summed E-state index contributed by atoms with van der Waals surface area (Å²) in [4.78, 5) is 4.87. The normalized spacial score (nSPS) is 18.9. The van der Waals surface area contributed by atoms with Crippen molar-refractivity contribution in [2.75, 3.05) is 34.2 Å². The molecule has 3 nitrogen and oxygen atoms in total. The molecule has 0 aliphatic heterocycles. The Morgan fingerprint density at radius 2 is 1.86 bits per heavy atom. The molecule has 0 radical (unpaired) electrons. The van der Waals surface area contributed by atoms with E-state index in [1.807, 2.05) is 0 Å². The molecular weight excluding hydrogens is 258 g/mol. The second-order valence-corrected chi connectivity index (χ2v) is 6.93. The van der Waals surface area contributed by atoms with Crippen molar-refractivity contribution < 1.29 is 0 Å². The molecule has 0 saturated heterocycles. The second kappa shape index (κ2) is 6.47. The van der Waals surface area contributed by atoms with Gasteiger partial charge in [-0.15, -0.1) is 0 Å². The van der Waals surface area contributed by atoms with Crippen LogP contribution in [0.2, 0.25) is 0 Å². The van der Waals surface area contributed by atoms with E-state index in [0.717, 1.165) is 6.54 Å². The molecule has 0 bridgehead atoms. The van der Waals surface area contributed by atoms with Crippen LogP contribution in [0.3, 0.4) is 0 Å². The van der Waals surface area contributed by atoms with Crippen molar-refractivity contribution in [3.63, 3.8) is 0 Å². The number of nitrogens with zero attached hydrogens (tertiary/aromatic N) is 2. The van der Waals surface area contributed by atoms with Crippen molar-refractivity contribution in [3.05, 3.63) is 34.9 Å². The van der Waals surface area contributed by atoms with Crippen LogP contribution >= 0.6 is 0 Å². The van der Waals surface area contributed by atoms with E-state index in [9.17, 15) is 0 Å². The van der Waals surface area contributed by atoms with E-state index >= 15 is 0 Å². The van der Waals surface area contributed by atoms with Crippen LogP contribution in [-0.4, -0.2) is 49.6 Å². The summed E-state index contributed by atoms with van der Waals surface area (Å²) in [5, 5.41) is 0. The summed E-state index contributed by atoms with van der Waals surface area (Å²) < 4.78 is 0. The molecule has 1 saturated carbocycles. The topological polar surface area (TPSA) is 32.5 Å². The third-order valence-corrected chi connectivity index (χ3v) is 5.54. The fourth-order valence-corrected chi connectivity index (χ4v) is 3.59. The molecule has 1 aliphatic carbocycles. The van der Waals surface area contributed by atoms with Crippen LogP contribution < -0.4 is 5.73 Å². The molecule has 118 valence electrons. The summed E-state index contributed by atoms with van der Waals surface area (Å²) in [7, 11) is 6.65. The van der Waals surface area contributed by atoms with Crippen molar-refractivity contribution in [1.82, 2.24) is 9.80 Å². The number of nitrogens with two attached hydrogens (primary N) is 1. The maximum atomic E-state index is 6.12. The van der Waals surface area contributed by atoms with Gasteiger partial charge >= 0.3 is 0 Å². The average Bonchev–Trinajstić information content (AvgIpc) is 2.39. The number of rotatable bonds is 6. The minimum Gasteiger partial charge on any atom is -0.329 e.